The molecule has 4 aromatic rings. The summed E-state index contributed by atoms with van der Waals surface area (Å²) in [7, 11) is 0. The van der Waals surface area contributed by atoms with Crippen molar-refractivity contribution in [2.24, 2.45) is 11.7 Å². The number of aliphatic hydroxyl groups is 2. The van der Waals surface area contributed by atoms with Gasteiger partial charge in [0.05, 0.1) is 18.0 Å². The van der Waals surface area contributed by atoms with Gasteiger partial charge in [0.1, 0.15) is 23.6 Å². The van der Waals surface area contributed by atoms with Crippen LogP contribution in [-0.2, 0) is 6.61 Å². The Balaban J connectivity index is 0.000000176. The van der Waals surface area contributed by atoms with Crippen LogP contribution in [0.25, 0.3) is 21.9 Å². The number of nitrogens with two attached hydrogens (primary N) is 1. The maximum absolute atomic E-state index is 11.1. The molecule has 10 heteroatoms. The van der Waals surface area contributed by atoms with Crippen LogP contribution >= 0.6 is 11.6 Å². The Bertz CT molecular complexity index is 1510. The second-order valence-corrected chi connectivity index (χ2v) is 12.3. The number of nitrogens with one attached hydrogen (secondary N) is 1. The summed E-state index contributed by atoms with van der Waals surface area (Å²) in [5.74, 6) is -0.0478. The molecule has 3 heterocycles. The number of carboxylic acids is 1. The molecular formula is C32H40ClN3O6. The van der Waals surface area contributed by atoms with E-state index in [4.69, 9.17) is 31.6 Å². The van der Waals surface area contributed by atoms with Crippen LogP contribution in [0.3, 0.4) is 0 Å². The quantitative estimate of drug-likeness (QED) is 0.186. The highest BCUT2D eigenvalue weighted by atomic mass is 35.5. The second-order valence-electron chi connectivity index (χ2n) is 11.8. The van der Waals surface area contributed by atoms with E-state index in [1.807, 2.05) is 24.3 Å². The summed E-state index contributed by atoms with van der Waals surface area (Å²) >= 11 is 6.03. The molecular weight excluding hydrogens is 558 g/mol. The number of furan rings is 1. The summed E-state index contributed by atoms with van der Waals surface area (Å²) in [4.78, 5) is 16.3. The summed E-state index contributed by atoms with van der Waals surface area (Å²) in [6.45, 7) is 5.26. The first kappa shape index (κ1) is 30.4. The molecule has 0 bridgehead atoms. The highest BCUT2D eigenvalue weighted by molar-refractivity contribution is 6.31. The molecule has 1 saturated heterocycles. The molecule has 0 unspecified atom stereocenters. The fourth-order valence-electron chi connectivity index (χ4n) is 5.91. The highest BCUT2D eigenvalue weighted by Gasteiger charge is 2.33. The van der Waals surface area contributed by atoms with Gasteiger partial charge in [-0.1, -0.05) is 24.6 Å². The van der Waals surface area contributed by atoms with E-state index in [1.54, 1.807) is 24.5 Å². The molecule has 6 N–H and O–H groups in total. The lowest BCUT2D eigenvalue weighted by molar-refractivity contribution is -0.0252. The lowest BCUT2D eigenvalue weighted by atomic mass is 9.80. The molecule has 226 valence electrons. The number of hydrogen-bond acceptors (Lipinski definition) is 7. The van der Waals surface area contributed by atoms with Gasteiger partial charge in [-0.25, -0.2) is 4.79 Å². The minimum absolute atomic E-state index is 0.126. The summed E-state index contributed by atoms with van der Waals surface area (Å²) in [5, 5.41) is 31.6. The van der Waals surface area contributed by atoms with Crippen molar-refractivity contribution in [3.63, 3.8) is 0 Å². The standard InChI is InChI=1S/C18H12ClNO4.C14H28N2O2/c19-11-4-5-17-12(6-11)10(9-24-17)8-23-16-3-1-2-14-13(16)7-15(20-14)18(21)22;1-11-10-16(8-4-13(11)17)9-7-14(18)5-2-12(15)3-6-14/h1-7,9,20H,8H2,(H,21,22);11-13,17-18H,2-10,15H2,1H3/t;11-,12?,13-,14?/m.0/s1. The number of nitrogens with zero attached hydrogens (tertiary/aromatic N) is 1. The molecule has 1 saturated carbocycles. The number of benzene rings is 2. The number of halogens is 1. The van der Waals surface area contributed by atoms with E-state index in [-0.39, 0.29) is 17.8 Å². The average molecular weight is 598 g/mol. The van der Waals surface area contributed by atoms with Crippen molar-refractivity contribution in [2.75, 3.05) is 19.6 Å². The van der Waals surface area contributed by atoms with Crippen molar-refractivity contribution < 1.29 is 29.3 Å². The number of H-pyrrole nitrogens is 1. The van der Waals surface area contributed by atoms with Crippen LogP contribution in [0, 0.1) is 5.92 Å². The van der Waals surface area contributed by atoms with Gasteiger partial charge >= 0.3 is 5.97 Å². The largest absolute Gasteiger partial charge is 0.488 e. The molecule has 9 nitrogen and oxygen atoms in total. The normalized spacial score (nSPS) is 24.8. The van der Waals surface area contributed by atoms with Crippen molar-refractivity contribution in [3.05, 3.63) is 65.0 Å². The first-order valence-corrected chi connectivity index (χ1v) is 15.0. The highest BCUT2D eigenvalue weighted by Crippen LogP contribution is 2.32. The van der Waals surface area contributed by atoms with E-state index < -0.39 is 11.6 Å². The maximum atomic E-state index is 11.1. The van der Waals surface area contributed by atoms with Crippen LogP contribution < -0.4 is 10.5 Å². The van der Waals surface area contributed by atoms with Gasteiger partial charge in [0, 0.05) is 52.6 Å². The van der Waals surface area contributed by atoms with E-state index in [0.717, 1.165) is 80.1 Å². The maximum Gasteiger partial charge on any atom is 0.352 e. The van der Waals surface area contributed by atoms with Crippen LogP contribution in [0.5, 0.6) is 5.75 Å². The number of aromatic nitrogens is 1. The average Bonchev–Trinajstić information content (AvgIpc) is 3.59. The van der Waals surface area contributed by atoms with E-state index in [0.29, 0.717) is 28.8 Å². The Morgan fingerprint density at radius 3 is 2.71 bits per heavy atom. The number of fused-ring (bicyclic) bond motifs is 2. The number of carboxylic acid groups (broad SMARTS) is 1. The minimum Gasteiger partial charge on any atom is -0.488 e. The van der Waals surface area contributed by atoms with Crippen LogP contribution in [0.4, 0.5) is 0 Å². The van der Waals surface area contributed by atoms with Gasteiger partial charge in [-0.3, -0.25) is 0 Å². The van der Waals surface area contributed by atoms with Crippen molar-refractivity contribution in [1.29, 1.82) is 0 Å². The monoisotopic (exact) mass is 597 g/mol. The molecule has 1 aliphatic heterocycles. The van der Waals surface area contributed by atoms with Gasteiger partial charge in [0.15, 0.2) is 0 Å². The zero-order valence-corrected chi connectivity index (χ0v) is 24.6. The minimum atomic E-state index is -1.01. The van der Waals surface area contributed by atoms with E-state index in [1.165, 1.54) is 0 Å². The van der Waals surface area contributed by atoms with Crippen molar-refractivity contribution in [3.8, 4) is 5.75 Å². The first-order chi connectivity index (χ1) is 20.1. The number of likely N-dealkylation sites (tertiary alicyclic amines) is 1. The molecule has 0 spiro atoms. The number of rotatable bonds is 7. The lowest BCUT2D eigenvalue weighted by Crippen LogP contribution is -2.45. The molecule has 1 aliphatic carbocycles. The van der Waals surface area contributed by atoms with Gasteiger partial charge in [0.2, 0.25) is 0 Å². The Labute approximate surface area is 250 Å². The lowest BCUT2D eigenvalue weighted by Gasteiger charge is -2.39. The number of aliphatic hydroxyl groups excluding tert-OH is 1. The Hall–Kier alpha value is -3.08. The molecule has 2 aliphatic rings. The van der Waals surface area contributed by atoms with Crippen molar-refractivity contribution in [1.82, 2.24) is 9.88 Å². The third-order valence-corrected chi connectivity index (χ3v) is 8.89. The Kier molecular flexibility index (Phi) is 9.44. The molecule has 2 fully saturated rings. The van der Waals surface area contributed by atoms with Gasteiger partial charge in [0.25, 0.3) is 0 Å². The van der Waals surface area contributed by atoms with E-state index in [9.17, 15) is 15.0 Å². The number of aromatic carboxylic acids is 1. The fraction of sp³-hybridized carbons (Fsp3) is 0.469. The van der Waals surface area contributed by atoms with Crippen molar-refractivity contribution >= 4 is 39.4 Å². The van der Waals surface area contributed by atoms with Gasteiger partial charge in [-0.2, -0.15) is 0 Å². The molecule has 2 aromatic heterocycles. The number of piperidine rings is 1. The predicted octanol–water partition coefficient (Wildman–Crippen LogP) is 5.56. The van der Waals surface area contributed by atoms with E-state index >= 15 is 0 Å². The summed E-state index contributed by atoms with van der Waals surface area (Å²) in [6, 6.07) is 12.7. The number of ether oxygens (including phenoxy) is 1. The van der Waals surface area contributed by atoms with Crippen LogP contribution in [0.2, 0.25) is 5.02 Å². The summed E-state index contributed by atoms with van der Waals surface area (Å²) in [5.41, 5.74) is 7.84. The van der Waals surface area contributed by atoms with E-state index in [2.05, 4.69) is 16.8 Å². The zero-order chi connectivity index (χ0) is 29.9. The molecule has 2 atom stereocenters. The Morgan fingerprint density at radius 1 is 1.19 bits per heavy atom. The smallest absolute Gasteiger partial charge is 0.352 e. The third kappa shape index (κ3) is 7.27. The number of hydrogen-bond donors (Lipinski definition) is 5. The third-order valence-electron chi connectivity index (χ3n) is 8.65. The number of aromatic amines is 1. The first-order valence-electron chi connectivity index (χ1n) is 14.6. The molecule has 2 aromatic carbocycles. The summed E-state index contributed by atoms with van der Waals surface area (Å²) in [6.07, 6.45) is 6.81. The molecule has 0 amide bonds. The van der Waals surface area contributed by atoms with Crippen molar-refractivity contribution in [2.45, 2.75) is 69.8 Å². The molecule has 42 heavy (non-hydrogen) atoms. The molecule has 6 rings (SSSR count). The van der Waals surface area contributed by atoms with Crippen LogP contribution in [-0.4, -0.2) is 68.6 Å². The summed E-state index contributed by atoms with van der Waals surface area (Å²) < 4.78 is 11.4. The SMILES string of the molecule is C[C@H]1CN(CCC2(O)CCC(N)CC2)CC[C@@H]1O.O=C(O)c1cc2c(OCc3coc4ccc(Cl)cc34)cccc2[nH]1. The van der Waals surface area contributed by atoms with Gasteiger partial charge < -0.3 is 40.1 Å². The van der Waals surface area contributed by atoms with Crippen LogP contribution in [0.15, 0.2) is 53.1 Å². The predicted molar refractivity (Wildman–Crippen MR) is 163 cm³/mol. The number of carbonyl (C=O) groups is 1. The fourth-order valence-corrected chi connectivity index (χ4v) is 6.08. The zero-order valence-electron chi connectivity index (χ0n) is 23.9. The van der Waals surface area contributed by atoms with Gasteiger partial charge in [-0.05, 0) is 80.8 Å². The molecule has 0 radical (unpaired) electrons. The van der Waals surface area contributed by atoms with Gasteiger partial charge in [-0.15, -0.1) is 0 Å². The topological polar surface area (TPSA) is 145 Å². The Morgan fingerprint density at radius 2 is 1.98 bits per heavy atom. The second kappa shape index (κ2) is 13.1. The van der Waals surface area contributed by atoms with Crippen LogP contribution in [0.1, 0.15) is 61.5 Å².